The Morgan fingerprint density at radius 1 is 1.15 bits per heavy atom. The number of hydrogen-bond donors (Lipinski definition) is 3. The fraction of sp³-hybridized carbons (Fsp3) is 0.333. The summed E-state index contributed by atoms with van der Waals surface area (Å²) in [5.41, 5.74) is 8.50. The number of nitrogens with two attached hydrogens (primary N) is 1. The fourth-order valence-corrected chi connectivity index (χ4v) is 4.86. The average molecular weight is 479 g/mol. The summed E-state index contributed by atoms with van der Waals surface area (Å²) >= 11 is 6.22. The van der Waals surface area contributed by atoms with Crippen molar-refractivity contribution in [2.75, 3.05) is 19.6 Å². The zero-order chi connectivity index (χ0) is 24.1. The van der Waals surface area contributed by atoms with Gasteiger partial charge in [0.25, 0.3) is 5.91 Å². The number of nitrogens with zero attached hydrogens (tertiary/aromatic N) is 1. The first-order valence-corrected chi connectivity index (χ1v) is 12.1. The van der Waals surface area contributed by atoms with Crippen LogP contribution in [0.3, 0.4) is 0 Å². The van der Waals surface area contributed by atoms with Gasteiger partial charge < -0.3 is 21.3 Å². The summed E-state index contributed by atoms with van der Waals surface area (Å²) < 4.78 is 0. The molecule has 0 aromatic heterocycles. The van der Waals surface area contributed by atoms with Crippen molar-refractivity contribution in [3.05, 3.63) is 82.4 Å². The van der Waals surface area contributed by atoms with Gasteiger partial charge in [0.2, 0.25) is 5.91 Å². The van der Waals surface area contributed by atoms with Gasteiger partial charge in [-0.2, -0.15) is 0 Å². The van der Waals surface area contributed by atoms with Gasteiger partial charge >= 0.3 is 0 Å². The molecule has 1 fully saturated rings. The maximum atomic E-state index is 13.2. The molecule has 1 aliphatic heterocycles. The lowest BCUT2D eigenvalue weighted by Crippen LogP contribution is -2.49. The van der Waals surface area contributed by atoms with Gasteiger partial charge in [-0.25, -0.2) is 0 Å². The summed E-state index contributed by atoms with van der Waals surface area (Å²) in [5.74, 6) is -0.0869. The highest BCUT2D eigenvalue weighted by molar-refractivity contribution is 6.30. The van der Waals surface area contributed by atoms with Crippen LogP contribution >= 0.6 is 11.6 Å². The van der Waals surface area contributed by atoms with E-state index in [0.29, 0.717) is 43.2 Å². The highest BCUT2D eigenvalue weighted by Crippen LogP contribution is 2.19. The van der Waals surface area contributed by atoms with Crippen molar-refractivity contribution in [3.63, 3.8) is 0 Å². The largest absolute Gasteiger partial charge is 0.350 e. The van der Waals surface area contributed by atoms with Crippen molar-refractivity contribution < 1.29 is 9.59 Å². The van der Waals surface area contributed by atoms with E-state index in [1.807, 2.05) is 66.4 Å². The van der Waals surface area contributed by atoms with Crippen LogP contribution in [0.5, 0.6) is 0 Å². The summed E-state index contributed by atoms with van der Waals surface area (Å²) in [7, 11) is 0. The molecule has 3 aromatic carbocycles. The number of rotatable bonds is 7. The second-order valence-corrected chi connectivity index (χ2v) is 9.39. The van der Waals surface area contributed by atoms with E-state index in [0.717, 1.165) is 28.3 Å². The minimum atomic E-state index is -0.379. The Morgan fingerprint density at radius 2 is 1.94 bits per heavy atom. The van der Waals surface area contributed by atoms with Crippen LogP contribution in [0.2, 0.25) is 5.02 Å². The Hall–Kier alpha value is -2.93. The summed E-state index contributed by atoms with van der Waals surface area (Å²) in [5, 5.41) is 9.27. The van der Waals surface area contributed by atoms with Gasteiger partial charge in [-0.15, -0.1) is 0 Å². The zero-order valence-corrected chi connectivity index (χ0v) is 20.1. The van der Waals surface area contributed by atoms with E-state index in [2.05, 4.69) is 16.7 Å². The molecule has 1 heterocycles. The molecule has 3 aromatic rings. The smallest absolute Gasteiger partial charge is 0.251 e. The second kappa shape index (κ2) is 11.0. The van der Waals surface area contributed by atoms with Gasteiger partial charge in [-0.1, -0.05) is 48.0 Å². The Morgan fingerprint density at radius 3 is 2.71 bits per heavy atom. The van der Waals surface area contributed by atoms with Crippen molar-refractivity contribution >= 4 is 34.2 Å². The van der Waals surface area contributed by atoms with Crippen molar-refractivity contribution in [1.82, 2.24) is 15.5 Å². The number of fused-ring (bicyclic) bond motifs is 1. The van der Waals surface area contributed by atoms with E-state index >= 15 is 0 Å². The third-order valence-corrected chi connectivity index (χ3v) is 6.46. The summed E-state index contributed by atoms with van der Waals surface area (Å²) in [6, 6.07) is 19.1. The van der Waals surface area contributed by atoms with Gasteiger partial charge in [0.1, 0.15) is 0 Å². The van der Waals surface area contributed by atoms with Gasteiger partial charge in [0.05, 0.1) is 6.04 Å². The number of carbonyl (C=O) groups excluding carboxylic acids is 2. The van der Waals surface area contributed by atoms with E-state index in [-0.39, 0.29) is 23.9 Å². The quantitative estimate of drug-likeness (QED) is 0.484. The molecule has 0 saturated carbocycles. The number of hydrogen-bond acceptors (Lipinski definition) is 4. The Labute approximate surface area is 205 Å². The van der Waals surface area contributed by atoms with E-state index in [4.69, 9.17) is 17.3 Å². The number of nitrogens with one attached hydrogen (secondary N) is 2. The van der Waals surface area contributed by atoms with Crippen molar-refractivity contribution in [3.8, 4) is 0 Å². The van der Waals surface area contributed by atoms with Crippen molar-refractivity contribution in [2.45, 2.75) is 38.4 Å². The number of aryl methyl sites for hydroxylation is 1. The fourth-order valence-electron chi connectivity index (χ4n) is 4.55. The van der Waals surface area contributed by atoms with E-state index in [1.54, 1.807) is 0 Å². The van der Waals surface area contributed by atoms with Gasteiger partial charge in [-0.05, 0) is 72.5 Å². The van der Waals surface area contributed by atoms with E-state index in [1.165, 1.54) is 0 Å². The highest BCUT2D eigenvalue weighted by Gasteiger charge is 2.30. The standard InChI is InChI=1S/C27H31ClN4O2/c1-18-12-19(14-23(28)13-18)17-32-11-9-24(31-25(8-10-29)27(32)34)16-30-26(33)22-7-6-20-4-2-3-5-21(20)15-22/h2-7,12-15,24-25,31H,8-11,16-17,29H2,1H3,(H,30,33). The molecule has 0 aliphatic carbocycles. The van der Waals surface area contributed by atoms with Crippen LogP contribution in [0.25, 0.3) is 10.8 Å². The first-order valence-electron chi connectivity index (χ1n) is 11.7. The molecule has 34 heavy (non-hydrogen) atoms. The Bertz CT molecular complexity index is 1160. The predicted octanol–water partition coefficient (Wildman–Crippen LogP) is 3.64. The molecule has 7 heteroatoms. The first kappa shape index (κ1) is 24.2. The van der Waals surface area contributed by atoms with Crippen LogP contribution in [0.1, 0.15) is 34.3 Å². The summed E-state index contributed by atoms with van der Waals surface area (Å²) in [4.78, 5) is 27.9. The predicted molar refractivity (Wildman–Crippen MR) is 137 cm³/mol. The van der Waals surface area contributed by atoms with Crippen LogP contribution < -0.4 is 16.4 Å². The van der Waals surface area contributed by atoms with E-state index < -0.39 is 0 Å². The number of amides is 2. The van der Waals surface area contributed by atoms with E-state index in [9.17, 15) is 9.59 Å². The molecule has 0 bridgehead atoms. The molecular formula is C27H31ClN4O2. The maximum absolute atomic E-state index is 13.2. The normalized spacial score (nSPS) is 18.7. The lowest BCUT2D eigenvalue weighted by Gasteiger charge is -2.24. The van der Waals surface area contributed by atoms with Gasteiger partial charge in [0, 0.05) is 36.3 Å². The van der Waals surface area contributed by atoms with Crippen molar-refractivity contribution in [2.24, 2.45) is 5.73 Å². The number of benzene rings is 3. The molecule has 0 spiro atoms. The molecule has 1 aliphatic rings. The summed E-state index contributed by atoms with van der Waals surface area (Å²) in [6.07, 6.45) is 1.27. The third kappa shape index (κ3) is 5.95. The van der Waals surface area contributed by atoms with Crippen LogP contribution in [0, 0.1) is 6.92 Å². The van der Waals surface area contributed by atoms with Crippen LogP contribution in [-0.4, -0.2) is 48.4 Å². The lowest BCUT2D eigenvalue weighted by atomic mass is 10.1. The Kier molecular flexibility index (Phi) is 7.83. The topological polar surface area (TPSA) is 87.5 Å². The van der Waals surface area contributed by atoms with Gasteiger partial charge in [-0.3, -0.25) is 9.59 Å². The van der Waals surface area contributed by atoms with Crippen LogP contribution in [-0.2, 0) is 11.3 Å². The van der Waals surface area contributed by atoms with Crippen LogP contribution in [0.4, 0.5) is 0 Å². The minimum absolute atomic E-state index is 0.0315. The average Bonchev–Trinajstić information content (AvgIpc) is 2.96. The number of carbonyl (C=O) groups is 2. The molecule has 4 rings (SSSR count). The summed E-state index contributed by atoms with van der Waals surface area (Å²) in [6.45, 7) is 3.93. The molecule has 1 saturated heterocycles. The molecule has 4 N–H and O–H groups in total. The molecule has 2 unspecified atom stereocenters. The molecule has 6 nitrogen and oxygen atoms in total. The maximum Gasteiger partial charge on any atom is 0.251 e. The second-order valence-electron chi connectivity index (χ2n) is 8.95. The third-order valence-electron chi connectivity index (χ3n) is 6.25. The SMILES string of the molecule is Cc1cc(Cl)cc(CN2CCC(CNC(=O)c3ccc4ccccc4c3)NC(CCN)C2=O)c1. The van der Waals surface area contributed by atoms with Gasteiger partial charge in [0.15, 0.2) is 0 Å². The molecule has 0 radical (unpaired) electrons. The highest BCUT2D eigenvalue weighted by atomic mass is 35.5. The Balaban J connectivity index is 1.42. The number of halogens is 1. The minimum Gasteiger partial charge on any atom is -0.350 e. The molecule has 2 atom stereocenters. The molecule has 2 amide bonds. The molecular weight excluding hydrogens is 448 g/mol. The lowest BCUT2D eigenvalue weighted by molar-refractivity contribution is -0.133. The van der Waals surface area contributed by atoms with Crippen LogP contribution in [0.15, 0.2) is 60.7 Å². The molecule has 178 valence electrons. The monoisotopic (exact) mass is 478 g/mol. The zero-order valence-electron chi connectivity index (χ0n) is 19.4. The first-order chi connectivity index (χ1) is 16.4. The van der Waals surface area contributed by atoms with Crippen molar-refractivity contribution in [1.29, 1.82) is 0 Å².